The van der Waals surface area contributed by atoms with Gasteiger partial charge in [-0.05, 0) is 77.5 Å². The van der Waals surface area contributed by atoms with Crippen LogP contribution in [0, 0.1) is 0 Å². The summed E-state index contributed by atoms with van der Waals surface area (Å²) >= 11 is 0. The molecule has 11 rings (SSSR count). The highest BCUT2D eigenvalue weighted by Gasteiger charge is 2.19. The average Bonchev–Trinajstić information content (AvgIpc) is 3.75. The van der Waals surface area contributed by atoms with Crippen LogP contribution in [0.2, 0.25) is 0 Å². The number of hydrogen-bond acceptors (Lipinski definition) is 3. The third-order valence-corrected chi connectivity index (χ3v) is 10.5. The standard InChI is InChI=1S/C49H31N5/c1-3-14-33(15-4-1)47-50-48(52-49(51-47)36-24-23-32-13-7-8-16-35(32)29-36)34-25-27-38(28-26-34)54-44-22-12-10-20-40(44)42-30-45-41(31-46(42)54)39-19-9-11-21-43(39)53(45)37-17-5-2-6-18-37/h1-31H. The Morgan fingerprint density at radius 3 is 1.33 bits per heavy atom. The van der Waals surface area contributed by atoms with Crippen molar-refractivity contribution < 1.29 is 0 Å². The van der Waals surface area contributed by atoms with Crippen molar-refractivity contribution in [1.82, 2.24) is 24.1 Å². The molecule has 0 amide bonds. The molecule has 0 aliphatic carbocycles. The smallest absolute Gasteiger partial charge is 0.164 e. The Hall–Kier alpha value is -7.37. The maximum Gasteiger partial charge on any atom is 0.164 e. The Kier molecular flexibility index (Phi) is 6.79. The normalized spacial score (nSPS) is 11.7. The van der Waals surface area contributed by atoms with Crippen LogP contribution < -0.4 is 0 Å². The summed E-state index contributed by atoms with van der Waals surface area (Å²) in [5.74, 6) is 1.93. The van der Waals surface area contributed by atoms with E-state index in [0.717, 1.165) is 44.5 Å². The molecule has 11 aromatic rings. The number of benzene rings is 8. The first-order chi connectivity index (χ1) is 26.8. The van der Waals surface area contributed by atoms with Crippen molar-refractivity contribution in [3.8, 4) is 45.5 Å². The predicted octanol–water partition coefficient (Wildman–Crippen LogP) is 12.2. The monoisotopic (exact) mass is 689 g/mol. The fourth-order valence-electron chi connectivity index (χ4n) is 8.00. The highest BCUT2D eigenvalue weighted by atomic mass is 15.0. The molecule has 0 atom stereocenters. The van der Waals surface area contributed by atoms with Crippen LogP contribution in [-0.4, -0.2) is 24.1 Å². The lowest BCUT2D eigenvalue weighted by atomic mass is 10.1. The summed E-state index contributed by atoms with van der Waals surface area (Å²) in [6, 6.07) is 66.3. The lowest BCUT2D eigenvalue weighted by Crippen LogP contribution is -2.00. The predicted molar refractivity (Wildman–Crippen MR) is 222 cm³/mol. The van der Waals surface area contributed by atoms with Gasteiger partial charge in [-0.3, -0.25) is 0 Å². The minimum absolute atomic E-state index is 0.635. The maximum absolute atomic E-state index is 5.06. The van der Waals surface area contributed by atoms with E-state index in [0.29, 0.717) is 17.5 Å². The van der Waals surface area contributed by atoms with Gasteiger partial charge in [-0.15, -0.1) is 0 Å². The van der Waals surface area contributed by atoms with E-state index in [1.165, 1.54) is 38.0 Å². The van der Waals surface area contributed by atoms with Crippen LogP contribution >= 0.6 is 0 Å². The molecule has 0 N–H and O–H groups in total. The van der Waals surface area contributed by atoms with Crippen molar-refractivity contribution in [3.63, 3.8) is 0 Å². The highest BCUT2D eigenvalue weighted by Crippen LogP contribution is 2.40. The molecule has 3 heterocycles. The van der Waals surface area contributed by atoms with Crippen LogP contribution in [-0.2, 0) is 0 Å². The lowest BCUT2D eigenvalue weighted by molar-refractivity contribution is 1.07. The molecule has 54 heavy (non-hydrogen) atoms. The SMILES string of the molecule is c1ccc(-c2nc(-c3ccc(-n4c5ccccc5c5cc6c(cc54)c4ccccc4n6-c4ccccc4)cc3)nc(-c3ccc4ccccc4c3)n2)cc1. The summed E-state index contributed by atoms with van der Waals surface area (Å²) < 4.78 is 4.77. The summed E-state index contributed by atoms with van der Waals surface area (Å²) in [6.07, 6.45) is 0. The van der Waals surface area contributed by atoms with Crippen molar-refractivity contribution in [2.24, 2.45) is 0 Å². The number of aromatic nitrogens is 5. The molecule has 0 spiro atoms. The lowest BCUT2D eigenvalue weighted by Gasteiger charge is -2.11. The van der Waals surface area contributed by atoms with Gasteiger partial charge < -0.3 is 9.13 Å². The molecule has 0 radical (unpaired) electrons. The van der Waals surface area contributed by atoms with Crippen LogP contribution in [0.25, 0.3) is 99.9 Å². The van der Waals surface area contributed by atoms with Gasteiger partial charge in [0.05, 0.1) is 22.1 Å². The summed E-state index contributed by atoms with van der Waals surface area (Å²) in [6.45, 7) is 0. The summed E-state index contributed by atoms with van der Waals surface area (Å²) in [5, 5.41) is 7.22. The van der Waals surface area contributed by atoms with Gasteiger partial charge in [0.15, 0.2) is 17.5 Å². The van der Waals surface area contributed by atoms with Gasteiger partial charge in [0.1, 0.15) is 0 Å². The second kappa shape index (κ2) is 12.1. The zero-order valence-electron chi connectivity index (χ0n) is 29.1. The maximum atomic E-state index is 5.06. The van der Waals surface area contributed by atoms with E-state index in [-0.39, 0.29) is 0 Å². The zero-order chi connectivity index (χ0) is 35.6. The average molecular weight is 690 g/mol. The van der Waals surface area contributed by atoms with Crippen LogP contribution in [0.5, 0.6) is 0 Å². The fourth-order valence-corrected chi connectivity index (χ4v) is 8.00. The molecule has 0 unspecified atom stereocenters. The van der Waals surface area contributed by atoms with E-state index in [1.807, 2.05) is 30.3 Å². The van der Waals surface area contributed by atoms with Gasteiger partial charge in [-0.1, -0.05) is 121 Å². The first-order valence-corrected chi connectivity index (χ1v) is 18.2. The number of hydrogen-bond donors (Lipinski definition) is 0. The van der Waals surface area contributed by atoms with Crippen molar-refractivity contribution in [2.75, 3.05) is 0 Å². The van der Waals surface area contributed by atoms with Crippen molar-refractivity contribution in [3.05, 3.63) is 188 Å². The molecular weight excluding hydrogens is 659 g/mol. The molecule has 0 saturated heterocycles. The van der Waals surface area contributed by atoms with Crippen molar-refractivity contribution in [1.29, 1.82) is 0 Å². The second-order valence-electron chi connectivity index (χ2n) is 13.7. The number of fused-ring (bicyclic) bond motifs is 7. The molecule has 5 nitrogen and oxygen atoms in total. The molecule has 0 saturated carbocycles. The number of nitrogens with zero attached hydrogens (tertiary/aromatic N) is 5. The Bertz CT molecular complexity index is 3200. The first kappa shape index (κ1) is 30.3. The van der Waals surface area contributed by atoms with Crippen LogP contribution in [0.4, 0.5) is 0 Å². The third kappa shape index (κ3) is 4.83. The minimum atomic E-state index is 0.635. The van der Waals surface area contributed by atoms with E-state index >= 15 is 0 Å². The van der Waals surface area contributed by atoms with Gasteiger partial charge in [-0.25, -0.2) is 15.0 Å². The Balaban J connectivity index is 1.08. The molecule has 0 fully saturated rings. The molecule has 8 aromatic carbocycles. The molecule has 252 valence electrons. The van der Waals surface area contributed by atoms with Crippen molar-refractivity contribution >= 4 is 54.4 Å². The largest absolute Gasteiger partial charge is 0.309 e. The Morgan fingerprint density at radius 2 is 0.722 bits per heavy atom. The molecule has 0 bridgehead atoms. The molecular formula is C49H31N5. The Morgan fingerprint density at radius 1 is 0.278 bits per heavy atom. The van der Waals surface area contributed by atoms with Gasteiger partial charge in [0.25, 0.3) is 0 Å². The summed E-state index contributed by atoms with van der Waals surface area (Å²) in [5.41, 5.74) is 9.77. The van der Waals surface area contributed by atoms with E-state index in [4.69, 9.17) is 15.0 Å². The molecule has 0 aliphatic rings. The van der Waals surface area contributed by atoms with E-state index in [9.17, 15) is 0 Å². The quantitative estimate of drug-likeness (QED) is 0.181. The van der Waals surface area contributed by atoms with Gasteiger partial charge in [-0.2, -0.15) is 0 Å². The summed E-state index contributed by atoms with van der Waals surface area (Å²) in [7, 11) is 0. The summed E-state index contributed by atoms with van der Waals surface area (Å²) in [4.78, 5) is 15.0. The topological polar surface area (TPSA) is 48.5 Å². The van der Waals surface area contributed by atoms with E-state index < -0.39 is 0 Å². The van der Waals surface area contributed by atoms with Gasteiger partial charge >= 0.3 is 0 Å². The molecule has 5 heteroatoms. The molecule has 0 aliphatic heterocycles. The Labute approximate surface area is 311 Å². The second-order valence-corrected chi connectivity index (χ2v) is 13.7. The van der Waals surface area contributed by atoms with Crippen molar-refractivity contribution in [2.45, 2.75) is 0 Å². The van der Waals surface area contributed by atoms with E-state index in [2.05, 4.69) is 167 Å². The van der Waals surface area contributed by atoms with E-state index in [1.54, 1.807) is 0 Å². The van der Waals surface area contributed by atoms with Crippen LogP contribution in [0.15, 0.2) is 188 Å². The number of para-hydroxylation sites is 3. The molecule has 3 aromatic heterocycles. The first-order valence-electron chi connectivity index (χ1n) is 18.2. The highest BCUT2D eigenvalue weighted by molar-refractivity contribution is 6.19. The zero-order valence-corrected chi connectivity index (χ0v) is 29.1. The van der Waals surface area contributed by atoms with Gasteiger partial charge in [0, 0.05) is 49.6 Å². The fraction of sp³-hybridized carbons (Fsp3) is 0. The van der Waals surface area contributed by atoms with Gasteiger partial charge in [0.2, 0.25) is 0 Å². The minimum Gasteiger partial charge on any atom is -0.309 e. The van der Waals surface area contributed by atoms with Crippen LogP contribution in [0.1, 0.15) is 0 Å². The van der Waals surface area contributed by atoms with Crippen LogP contribution in [0.3, 0.4) is 0 Å². The number of rotatable bonds is 5. The third-order valence-electron chi connectivity index (χ3n) is 10.5.